The van der Waals surface area contributed by atoms with E-state index >= 15 is 0 Å². The van der Waals surface area contributed by atoms with E-state index in [4.69, 9.17) is 4.98 Å². The molecule has 1 atom stereocenters. The largest absolute Gasteiger partial charge is 0.508 e. The minimum atomic E-state index is -0.211. The minimum absolute atomic E-state index is 0.0809. The summed E-state index contributed by atoms with van der Waals surface area (Å²) < 4.78 is 1.61. The summed E-state index contributed by atoms with van der Waals surface area (Å²) in [6, 6.07) is 21.9. The van der Waals surface area contributed by atoms with Gasteiger partial charge in [-0.05, 0) is 42.7 Å². The SMILES string of the molecule is Cc1nc(-c2cccc(P)c2O)n(CCc2ccccc2)c(=O)c1-c1cccc(O)c1. The predicted octanol–water partition coefficient (Wildman–Crippen LogP) is 4.04. The zero-order chi connectivity index (χ0) is 22.0. The van der Waals surface area contributed by atoms with Crippen molar-refractivity contribution in [3.63, 3.8) is 0 Å². The molecule has 0 saturated heterocycles. The van der Waals surface area contributed by atoms with E-state index in [-0.39, 0.29) is 17.1 Å². The van der Waals surface area contributed by atoms with Crippen LogP contribution in [-0.2, 0) is 13.0 Å². The summed E-state index contributed by atoms with van der Waals surface area (Å²) in [5.41, 5.74) is 2.98. The summed E-state index contributed by atoms with van der Waals surface area (Å²) in [6.07, 6.45) is 0.638. The topological polar surface area (TPSA) is 75.4 Å². The van der Waals surface area contributed by atoms with E-state index in [0.717, 1.165) is 5.56 Å². The number of aromatic hydroxyl groups is 2. The number of nitrogens with zero attached hydrogens (tertiary/aromatic N) is 2. The highest BCUT2D eigenvalue weighted by Crippen LogP contribution is 2.29. The first-order chi connectivity index (χ1) is 15.0. The number of benzene rings is 3. The standard InChI is InChI=1S/C25H23N2O3P/c1-16-22(18-9-5-10-19(28)15-18)25(30)27(14-13-17-7-3-2-4-8-17)24(26-16)20-11-6-12-21(31)23(20)29/h2-12,15,28-29H,13-14,31H2,1H3. The summed E-state index contributed by atoms with van der Waals surface area (Å²) in [5, 5.41) is 21.2. The molecule has 5 nitrogen and oxygen atoms in total. The summed E-state index contributed by atoms with van der Waals surface area (Å²) in [7, 11) is 2.50. The van der Waals surface area contributed by atoms with Gasteiger partial charge in [-0.2, -0.15) is 0 Å². The third kappa shape index (κ3) is 4.23. The number of para-hydroxylation sites is 1. The van der Waals surface area contributed by atoms with E-state index in [0.29, 0.717) is 46.5 Å². The van der Waals surface area contributed by atoms with E-state index in [9.17, 15) is 15.0 Å². The maximum Gasteiger partial charge on any atom is 0.261 e. The fraction of sp³-hybridized carbons (Fsp3) is 0.120. The van der Waals surface area contributed by atoms with Crippen LogP contribution < -0.4 is 10.9 Å². The van der Waals surface area contributed by atoms with E-state index in [1.165, 1.54) is 0 Å². The number of phenolic OH excluding ortho intramolecular Hbond substituents is 2. The monoisotopic (exact) mass is 430 g/mol. The van der Waals surface area contributed by atoms with Crippen LogP contribution in [0.1, 0.15) is 11.3 Å². The van der Waals surface area contributed by atoms with Crippen LogP contribution in [0.25, 0.3) is 22.5 Å². The van der Waals surface area contributed by atoms with Gasteiger partial charge in [0.05, 0.1) is 16.8 Å². The molecule has 1 heterocycles. The second-order valence-electron chi connectivity index (χ2n) is 7.38. The first kappa shape index (κ1) is 20.8. The molecule has 3 aromatic carbocycles. The highest BCUT2D eigenvalue weighted by molar-refractivity contribution is 7.27. The normalized spacial score (nSPS) is 10.9. The second kappa shape index (κ2) is 8.75. The van der Waals surface area contributed by atoms with Gasteiger partial charge in [-0.1, -0.05) is 54.6 Å². The Morgan fingerprint density at radius 3 is 2.45 bits per heavy atom. The number of hydrogen-bond acceptors (Lipinski definition) is 4. The van der Waals surface area contributed by atoms with Crippen molar-refractivity contribution in [3.8, 4) is 34.0 Å². The molecule has 0 spiro atoms. The Labute approximate surface area is 182 Å². The molecular weight excluding hydrogens is 407 g/mol. The average Bonchev–Trinajstić information content (AvgIpc) is 2.75. The summed E-state index contributed by atoms with van der Waals surface area (Å²) in [4.78, 5) is 18.4. The van der Waals surface area contributed by atoms with Crippen molar-refractivity contribution in [2.45, 2.75) is 19.9 Å². The van der Waals surface area contributed by atoms with Crippen LogP contribution in [-0.4, -0.2) is 19.8 Å². The molecule has 0 amide bonds. The molecule has 156 valence electrons. The zero-order valence-electron chi connectivity index (χ0n) is 17.1. The molecule has 4 aromatic rings. The second-order valence-corrected chi connectivity index (χ2v) is 8.00. The molecule has 0 radical (unpaired) electrons. The number of aryl methyl sites for hydroxylation is 2. The molecule has 0 saturated carbocycles. The minimum Gasteiger partial charge on any atom is -0.508 e. The Kier molecular flexibility index (Phi) is 5.88. The summed E-state index contributed by atoms with van der Waals surface area (Å²) in [5.74, 6) is 0.589. The fourth-order valence-corrected chi connectivity index (χ4v) is 3.96. The van der Waals surface area contributed by atoms with Crippen LogP contribution in [0, 0.1) is 6.92 Å². The third-order valence-corrected chi connectivity index (χ3v) is 5.73. The Balaban J connectivity index is 1.92. The van der Waals surface area contributed by atoms with Crippen LogP contribution in [0.15, 0.2) is 77.6 Å². The third-order valence-electron chi connectivity index (χ3n) is 5.26. The maximum absolute atomic E-state index is 13.7. The number of aromatic nitrogens is 2. The molecule has 0 aliphatic carbocycles. The lowest BCUT2D eigenvalue weighted by Crippen LogP contribution is -2.27. The fourth-order valence-electron chi connectivity index (χ4n) is 3.70. The predicted molar refractivity (Wildman–Crippen MR) is 127 cm³/mol. The first-order valence-electron chi connectivity index (χ1n) is 9.98. The molecule has 0 aliphatic heterocycles. The molecule has 4 rings (SSSR count). The van der Waals surface area contributed by atoms with Crippen LogP contribution in [0.2, 0.25) is 0 Å². The van der Waals surface area contributed by atoms with Gasteiger partial charge in [-0.15, -0.1) is 9.24 Å². The summed E-state index contributed by atoms with van der Waals surface area (Å²) >= 11 is 0. The molecule has 0 bridgehead atoms. The zero-order valence-corrected chi connectivity index (χ0v) is 18.3. The van der Waals surface area contributed by atoms with Gasteiger partial charge in [0.15, 0.2) is 0 Å². The van der Waals surface area contributed by atoms with E-state index in [2.05, 4.69) is 9.24 Å². The quantitative estimate of drug-likeness (QED) is 0.469. The summed E-state index contributed by atoms with van der Waals surface area (Å²) in [6.45, 7) is 2.17. The van der Waals surface area contributed by atoms with Crippen molar-refractivity contribution in [1.29, 1.82) is 0 Å². The number of rotatable bonds is 5. The van der Waals surface area contributed by atoms with Crippen molar-refractivity contribution in [1.82, 2.24) is 9.55 Å². The van der Waals surface area contributed by atoms with Crippen LogP contribution in [0.5, 0.6) is 11.5 Å². The van der Waals surface area contributed by atoms with Gasteiger partial charge in [0, 0.05) is 11.8 Å². The smallest absolute Gasteiger partial charge is 0.261 e. The van der Waals surface area contributed by atoms with Gasteiger partial charge in [-0.25, -0.2) is 4.98 Å². The van der Waals surface area contributed by atoms with E-state index < -0.39 is 0 Å². The van der Waals surface area contributed by atoms with E-state index in [1.54, 1.807) is 47.9 Å². The molecule has 1 aromatic heterocycles. The van der Waals surface area contributed by atoms with Crippen molar-refractivity contribution >= 4 is 14.5 Å². The highest BCUT2D eigenvalue weighted by Gasteiger charge is 2.19. The van der Waals surface area contributed by atoms with Crippen LogP contribution in [0.3, 0.4) is 0 Å². The average molecular weight is 430 g/mol. The van der Waals surface area contributed by atoms with Gasteiger partial charge in [-0.3, -0.25) is 9.36 Å². The Morgan fingerprint density at radius 1 is 0.968 bits per heavy atom. The molecule has 2 N–H and O–H groups in total. The van der Waals surface area contributed by atoms with Crippen molar-refractivity contribution in [2.75, 3.05) is 0 Å². The first-order valence-corrected chi connectivity index (χ1v) is 10.6. The molecule has 0 fully saturated rings. The number of hydrogen-bond donors (Lipinski definition) is 2. The van der Waals surface area contributed by atoms with Gasteiger partial charge in [0.2, 0.25) is 0 Å². The molecular formula is C25H23N2O3P. The molecule has 1 unspecified atom stereocenters. The number of phenols is 2. The van der Waals surface area contributed by atoms with Crippen molar-refractivity contribution < 1.29 is 10.2 Å². The lowest BCUT2D eigenvalue weighted by molar-refractivity contribution is 0.475. The van der Waals surface area contributed by atoms with Gasteiger partial charge in [0.1, 0.15) is 17.3 Å². The molecule has 0 aliphatic rings. The Morgan fingerprint density at radius 2 is 1.71 bits per heavy atom. The highest BCUT2D eigenvalue weighted by atomic mass is 31.0. The van der Waals surface area contributed by atoms with E-state index in [1.807, 2.05) is 36.4 Å². The Hall–Kier alpha value is -3.43. The van der Waals surface area contributed by atoms with Crippen molar-refractivity contribution in [3.05, 3.63) is 94.4 Å². The lowest BCUT2D eigenvalue weighted by Gasteiger charge is -2.17. The molecule has 31 heavy (non-hydrogen) atoms. The van der Waals surface area contributed by atoms with Crippen LogP contribution in [0.4, 0.5) is 0 Å². The van der Waals surface area contributed by atoms with Gasteiger partial charge < -0.3 is 10.2 Å². The van der Waals surface area contributed by atoms with Gasteiger partial charge in [0.25, 0.3) is 5.56 Å². The Bertz CT molecular complexity index is 1300. The lowest BCUT2D eigenvalue weighted by atomic mass is 10.0. The molecule has 6 heteroatoms. The van der Waals surface area contributed by atoms with Crippen molar-refractivity contribution in [2.24, 2.45) is 0 Å². The van der Waals surface area contributed by atoms with Crippen LogP contribution >= 0.6 is 9.24 Å². The van der Waals surface area contributed by atoms with Gasteiger partial charge >= 0.3 is 0 Å². The maximum atomic E-state index is 13.7.